The van der Waals surface area contributed by atoms with Gasteiger partial charge >= 0.3 is 5.97 Å². The summed E-state index contributed by atoms with van der Waals surface area (Å²) in [7, 11) is 0. The van der Waals surface area contributed by atoms with Crippen molar-refractivity contribution >= 4 is 21.9 Å². The second-order valence-corrected chi connectivity index (χ2v) is 6.84. The fourth-order valence-electron chi connectivity index (χ4n) is 2.95. The van der Waals surface area contributed by atoms with E-state index in [1.165, 1.54) is 0 Å². The first-order chi connectivity index (χ1) is 11.0. The second kappa shape index (κ2) is 6.80. The molecule has 2 heterocycles. The van der Waals surface area contributed by atoms with Crippen molar-refractivity contribution in [3.63, 3.8) is 0 Å². The number of piperidine rings is 1. The molecule has 0 saturated carbocycles. The predicted octanol–water partition coefficient (Wildman–Crippen LogP) is 2.63. The predicted molar refractivity (Wildman–Crippen MR) is 89.4 cm³/mol. The van der Waals surface area contributed by atoms with E-state index in [0.717, 1.165) is 40.9 Å². The van der Waals surface area contributed by atoms with Gasteiger partial charge in [0.05, 0.1) is 17.3 Å². The smallest absolute Gasteiger partial charge is 0.307 e. The van der Waals surface area contributed by atoms with E-state index in [2.05, 4.69) is 31.1 Å². The molecule has 6 nitrogen and oxygen atoms in total. The van der Waals surface area contributed by atoms with E-state index in [9.17, 15) is 9.90 Å². The molecule has 1 aromatic heterocycles. The molecule has 1 atom stereocenters. The summed E-state index contributed by atoms with van der Waals surface area (Å²) in [4.78, 5) is 13.3. The van der Waals surface area contributed by atoms with Crippen molar-refractivity contribution in [2.75, 3.05) is 13.1 Å². The van der Waals surface area contributed by atoms with Crippen LogP contribution in [-0.2, 0) is 11.3 Å². The number of aromatic nitrogens is 3. The Morgan fingerprint density at radius 2 is 2.13 bits per heavy atom. The number of benzene rings is 1. The highest BCUT2D eigenvalue weighted by molar-refractivity contribution is 9.10. The van der Waals surface area contributed by atoms with Crippen LogP contribution >= 0.6 is 15.9 Å². The van der Waals surface area contributed by atoms with E-state index < -0.39 is 5.97 Å². The number of nitrogens with zero attached hydrogens (tertiary/aromatic N) is 4. The molecule has 0 bridgehead atoms. The van der Waals surface area contributed by atoms with E-state index in [4.69, 9.17) is 0 Å². The summed E-state index contributed by atoms with van der Waals surface area (Å²) < 4.78 is 2.84. The summed E-state index contributed by atoms with van der Waals surface area (Å²) in [5, 5.41) is 17.7. The van der Waals surface area contributed by atoms with Gasteiger partial charge in [0.2, 0.25) is 0 Å². The van der Waals surface area contributed by atoms with Crippen molar-refractivity contribution in [1.29, 1.82) is 0 Å². The zero-order chi connectivity index (χ0) is 16.4. The van der Waals surface area contributed by atoms with Crippen LogP contribution in [0.1, 0.15) is 24.2 Å². The number of carboxylic acids is 1. The van der Waals surface area contributed by atoms with Gasteiger partial charge in [0.15, 0.2) is 0 Å². The van der Waals surface area contributed by atoms with Gasteiger partial charge < -0.3 is 5.11 Å². The van der Waals surface area contributed by atoms with Gasteiger partial charge in [-0.3, -0.25) is 9.69 Å². The molecule has 0 aliphatic carbocycles. The van der Waals surface area contributed by atoms with Gasteiger partial charge in [-0.2, -0.15) is 0 Å². The molecule has 1 saturated heterocycles. The third-order valence-electron chi connectivity index (χ3n) is 4.29. The van der Waals surface area contributed by atoms with Crippen molar-refractivity contribution < 1.29 is 9.90 Å². The topological polar surface area (TPSA) is 71.2 Å². The van der Waals surface area contributed by atoms with Gasteiger partial charge in [0.25, 0.3) is 0 Å². The highest BCUT2D eigenvalue weighted by Gasteiger charge is 2.26. The highest BCUT2D eigenvalue weighted by Crippen LogP contribution is 2.20. The van der Waals surface area contributed by atoms with Gasteiger partial charge in [-0.1, -0.05) is 21.1 Å². The summed E-state index contributed by atoms with van der Waals surface area (Å²) in [6.45, 7) is 4.14. The molecule has 3 rings (SSSR count). The Hall–Kier alpha value is -1.73. The van der Waals surface area contributed by atoms with Crippen molar-refractivity contribution in [1.82, 2.24) is 19.9 Å². The van der Waals surface area contributed by atoms with Crippen LogP contribution in [0.3, 0.4) is 0 Å². The maximum atomic E-state index is 11.2. The maximum absolute atomic E-state index is 11.2. The van der Waals surface area contributed by atoms with E-state index in [1.54, 1.807) is 0 Å². The zero-order valence-electron chi connectivity index (χ0n) is 12.9. The molecule has 0 radical (unpaired) electrons. The summed E-state index contributed by atoms with van der Waals surface area (Å²) in [6, 6.07) is 7.91. The van der Waals surface area contributed by atoms with E-state index in [-0.39, 0.29) is 5.92 Å². The first kappa shape index (κ1) is 16.1. The first-order valence-corrected chi connectivity index (χ1v) is 8.46. The van der Waals surface area contributed by atoms with Crippen LogP contribution in [0.25, 0.3) is 5.69 Å². The molecule has 2 aromatic rings. The number of likely N-dealkylation sites (tertiary alicyclic amines) is 1. The van der Waals surface area contributed by atoms with Crippen molar-refractivity contribution in [2.45, 2.75) is 26.3 Å². The van der Waals surface area contributed by atoms with Crippen LogP contribution in [-0.4, -0.2) is 44.1 Å². The lowest BCUT2D eigenvalue weighted by Crippen LogP contribution is -2.38. The standard InChI is InChI=1S/C16H19BrN4O2/c1-11-15(10-20-8-2-3-12(9-20)16(22)23)18-19-21(11)14-6-4-13(17)5-7-14/h4-7,12H,2-3,8-10H2,1H3,(H,22,23). The fraction of sp³-hybridized carbons (Fsp3) is 0.438. The third kappa shape index (κ3) is 3.61. The van der Waals surface area contributed by atoms with Crippen LogP contribution in [0.4, 0.5) is 0 Å². The molecule has 1 N–H and O–H groups in total. The van der Waals surface area contributed by atoms with Gasteiger partial charge in [-0.05, 0) is 50.6 Å². The van der Waals surface area contributed by atoms with Gasteiger partial charge in [-0.25, -0.2) is 4.68 Å². The molecule has 1 aliphatic heterocycles. The average Bonchev–Trinajstić information content (AvgIpc) is 2.89. The van der Waals surface area contributed by atoms with Crippen LogP contribution in [0.5, 0.6) is 0 Å². The van der Waals surface area contributed by atoms with E-state index in [1.807, 2.05) is 35.9 Å². The Morgan fingerprint density at radius 1 is 1.39 bits per heavy atom. The Balaban J connectivity index is 1.74. The number of carboxylic acid groups (broad SMARTS) is 1. The minimum atomic E-state index is -0.704. The Bertz CT molecular complexity index is 699. The lowest BCUT2D eigenvalue weighted by Gasteiger charge is -2.29. The summed E-state index contributed by atoms with van der Waals surface area (Å²) in [5.41, 5.74) is 2.86. The number of carbonyl (C=O) groups is 1. The van der Waals surface area contributed by atoms with Gasteiger partial charge in [0.1, 0.15) is 5.69 Å². The van der Waals surface area contributed by atoms with E-state index in [0.29, 0.717) is 13.1 Å². The number of hydrogen-bond donors (Lipinski definition) is 1. The summed E-state index contributed by atoms with van der Waals surface area (Å²) in [6.07, 6.45) is 1.67. The number of hydrogen-bond acceptors (Lipinski definition) is 4. The minimum Gasteiger partial charge on any atom is -0.481 e. The van der Waals surface area contributed by atoms with Gasteiger partial charge in [0, 0.05) is 17.6 Å². The molecule has 122 valence electrons. The minimum absolute atomic E-state index is 0.273. The second-order valence-electron chi connectivity index (χ2n) is 5.92. The first-order valence-electron chi connectivity index (χ1n) is 7.67. The van der Waals surface area contributed by atoms with Gasteiger partial charge in [-0.15, -0.1) is 5.10 Å². The molecule has 1 unspecified atom stereocenters. The molecule has 0 amide bonds. The Kier molecular flexibility index (Phi) is 4.77. The summed E-state index contributed by atoms with van der Waals surface area (Å²) in [5.74, 6) is -0.976. The van der Waals surface area contributed by atoms with Crippen molar-refractivity contribution in [3.05, 3.63) is 40.1 Å². The molecule has 7 heteroatoms. The van der Waals surface area contributed by atoms with E-state index >= 15 is 0 Å². The zero-order valence-corrected chi connectivity index (χ0v) is 14.5. The molecular weight excluding hydrogens is 360 g/mol. The van der Waals surface area contributed by atoms with Crippen LogP contribution in [0.2, 0.25) is 0 Å². The average molecular weight is 379 g/mol. The lowest BCUT2D eigenvalue weighted by atomic mass is 9.98. The van der Waals surface area contributed by atoms with Crippen molar-refractivity contribution in [3.8, 4) is 5.69 Å². The summed E-state index contributed by atoms with van der Waals surface area (Å²) >= 11 is 3.42. The fourth-order valence-corrected chi connectivity index (χ4v) is 3.21. The third-order valence-corrected chi connectivity index (χ3v) is 4.82. The molecule has 0 spiro atoms. The highest BCUT2D eigenvalue weighted by atomic mass is 79.9. The SMILES string of the molecule is Cc1c(CN2CCCC(C(=O)O)C2)nnn1-c1ccc(Br)cc1. The number of halogens is 1. The quantitative estimate of drug-likeness (QED) is 0.885. The molecule has 23 heavy (non-hydrogen) atoms. The Labute approximate surface area is 143 Å². The normalized spacial score (nSPS) is 19.0. The van der Waals surface area contributed by atoms with Crippen molar-refractivity contribution in [2.24, 2.45) is 5.92 Å². The molecule has 1 fully saturated rings. The van der Waals surface area contributed by atoms with Crippen LogP contribution in [0.15, 0.2) is 28.7 Å². The number of aliphatic carboxylic acids is 1. The maximum Gasteiger partial charge on any atom is 0.307 e. The monoisotopic (exact) mass is 378 g/mol. The molecule has 1 aliphatic rings. The van der Waals surface area contributed by atoms with Crippen LogP contribution < -0.4 is 0 Å². The lowest BCUT2D eigenvalue weighted by molar-refractivity contribution is -0.143. The van der Waals surface area contributed by atoms with Crippen LogP contribution in [0, 0.1) is 12.8 Å². The largest absolute Gasteiger partial charge is 0.481 e. The Morgan fingerprint density at radius 3 is 2.83 bits per heavy atom. The molecule has 1 aromatic carbocycles. The number of rotatable bonds is 4. The molecular formula is C16H19BrN4O2.